The minimum Gasteiger partial charge on any atom is -0.387 e. The highest BCUT2D eigenvalue weighted by Gasteiger charge is 2.16. The molecule has 124 valence electrons. The molecule has 1 heterocycles. The Morgan fingerprint density at radius 1 is 1.30 bits per heavy atom. The summed E-state index contributed by atoms with van der Waals surface area (Å²) < 4.78 is 1.72. The first-order valence-electron chi connectivity index (χ1n) is 7.66. The van der Waals surface area contributed by atoms with E-state index >= 15 is 0 Å². The fraction of sp³-hybridized carbons (Fsp3) is 0.412. The third kappa shape index (κ3) is 4.32. The third-order valence-corrected chi connectivity index (χ3v) is 3.87. The Hall–Kier alpha value is -2.34. The molecule has 2 rings (SSSR count). The fourth-order valence-electron chi connectivity index (χ4n) is 2.63. The number of aryl methyl sites for hydroxylation is 3. The van der Waals surface area contributed by atoms with Crippen LogP contribution in [0.5, 0.6) is 0 Å². The van der Waals surface area contributed by atoms with E-state index < -0.39 is 6.10 Å². The quantitative estimate of drug-likeness (QED) is 0.790. The van der Waals surface area contributed by atoms with Crippen LogP contribution in [0.1, 0.15) is 41.5 Å². The maximum atomic E-state index is 12.0. The fourth-order valence-corrected chi connectivity index (χ4v) is 2.63. The lowest BCUT2D eigenvalue weighted by atomic mass is 10.0. The van der Waals surface area contributed by atoms with Crippen molar-refractivity contribution in [1.82, 2.24) is 20.4 Å². The van der Waals surface area contributed by atoms with Crippen LogP contribution in [0, 0.1) is 13.8 Å². The molecule has 2 amide bonds. The molecular weight excluding hydrogens is 292 g/mol. The summed E-state index contributed by atoms with van der Waals surface area (Å²) in [5.41, 5.74) is 3.69. The normalized spacial score (nSPS) is 13.4. The van der Waals surface area contributed by atoms with Crippen LogP contribution in [0.3, 0.4) is 0 Å². The summed E-state index contributed by atoms with van der Waals surface area (Å²) in [5.74, 6) is 0. The second kappa shape index (κ2) is 7.28. The summed E-state index contributed by atoms with van der Waals surface area (Å²) >= 11 is 0. The predicted molar refractivity (Wildman–Crippen MR) is 89.0 cm³/mol. The van der Waals surface area contributed by atoms with Crippen LogP contribution in [-0.4, -0.2) is 27.5 Å². The number of nitrogens with zero attached hydrogens (tertiary/aromatic N) is 2. The summed E-state index contributed by atoms with van der Waals surface area (Å²) in [6.45, 7) is 5.91. The number of aromatic nitrogens is 2. The van der Waals surface area contributed by atoms with Crippen molar-refractivity contribution in [2.24, 2.45) is 7.05 Å². The number of urea groups is 1. The Labute approximate surface area is 136 Å². The molecular formula is C17H24N4O2. The topological polar surface area (TPSA) is 79.2 Å². The number of aliphatic hydroxyl groups is 1. The first-order valence-corrected chi connectivity index (χ1v) is 7.66. The maximum Gasteiger partial charge on any atom is 0.315 e. The molecule has 1 aromatic heterocycles. The zero-order valence-corrected chi connectivity index (χ0v) is 14.0. The lowest BCUT2D eigenvalue weighted by Gasteiger charge is -2.17. The molecule has 0 saturated carbocycles. The lowest BCUT2D eigenvalue weighted by molar-refractivity contribution is 0.172. The monoisotopic (exact) mass is 316 g/mol. The van der Waals surface area contributed by atoms with Crippen molar-refractivity contribution in [3.8, 4) is 0 Å². The van der Waals surface area contributed by atoms with E-state index in [0.29, 0.717) is 0 Å². The SMILES string of the molecule is Cc1ccccc1[C@@H](O)CNC(=O)N[C@@H](C)c1cn(C)nc1C. The van der Waals surface area contributed by atoms with Gasteiger partial charge in [0.25, 0.3) is 0 Å². The van der Waals surface area contributed by atoms with Gasteiger partial charge in [0.05, 0.1) is 17.8 Å². The maximum absolute atomic E-state index is 12.0. The van der Waals surface area contributed by atoms with Crippen molar-refractivity contribution >= 4 is 6.03 Å². The molecule has 0 aliphatic rings. The van der Waals surface area contributed by atoms with E-state index in [-0.39, 0.29) is 18.6 Å². The van der Waals surface area contributed by atoms with Crippen LogP contribution < -0.4 is 10.6 Å². The molecule has 0 aliphatic heterocycles. The summed E-state index contributed by atoms with van der Waals surface area (Å²) in [5, 5.41) is 20.0. The molecule has 0 spiro atoms. The van der Waals surface area contributed by atoms with Gasteiger partial charge >= 0.3 is 6.03 Å². The van der Waals surface area contributed by atoms with E-state index in [0.717, 1.165) is 22.4 Å². The van der Waals surface area contributed by atoms with Gasteiger partial charge in [-0.3, -0.25) is 4.68 Å². The van der Waals surface area contributed by atoms with Crippen LogP contribution in [0.2, 0.25) is 0 Å². The number of benzene rings is 1. The Kier molecular flexibility index (Phi) is 5.39. The average molecular weight is 316 g/mol. The molecule has 2 aromatic rings. The van der Waals surface area contributed by atoms with Crippen LogP contribution in [0.15, 0.2) is 30.5 Å². The summed E-state index contributed by atoms with van der Waals surface area (Å²) in [7, 11) is 1.85. The van der Waals surface area contributed by atoms with E-state index in [1.54, 1.807) is 4.68 Å². The summed E-state index contributed by atoms with van der Waals surface area (Å²) in [6, 6.07) is 7.13. The number of carbonyl (C=O) groups excluding carboxylic acids is 1. The van der Waals surface area contributed by atoms with Gasteiger partial charge in [-0.25, -0.2) is 4.79 Å². The van der Waals surface area contributed by atoms with E-state index in [1.165, 1.54) is 0 Å². The van der Waals surface area contributed by atoms with Gasteiger partial charge in [0.15, 0.2) is 0 Å². The van der Waals surface area contributed by atoms with E-state index in [1.807, 2.05) is 58.3 Å². The zero-order chi connectivity index (χ0) is 17.0. The van der Waals surface area contributed by atoms with Crippen LogP contribution in [0.25, 0.3) is 0 Å². The Balaban J connectivity index is 1.88. The highest BCUT2D eigenvalue weighted by atomic mass is 16.3. The van der Waals surface area contributed by atoms with E-state index in [2.05, 4.69) is 15.7 Å². The first kappa shape index (κ1) is 17.0. The van der Waals surface area contributed by atoms with Crippen molar-refractivity contribution in [2.45, 2.75) is 32.9 Å². The second-order valence-corrected chi connectivity index (χ2v) is 5.79. The summed E-state index contributed by atoms with van der Waals surface area (Å²) in [6.07, 6.45) is 1.17. The number of amides is 2. The lowest BCUT2D eigenvalue weighted by Crippen LogP contribution is -2.39. The zero-order valence-electron chi connectivity index (χ0n) is 14.0. The molecule has 3 N–H and O–H groups in total. The molecule has 0 saturated heterocycles. The third-order valence-electron chi connectivity index (χ3n) is 3.87. The Morgan fingerprint density at radius 3 is 2.61 bits per heavy atom. The van der Waals surface area contributed by atoms with Crippen LogP contribution >= 0.6 is 0 Å². The van der Waals surface area contributed by atoms with E-state index in [4.69, 9.17) is 0 Å². The number of hydrogen-bond donors (Lipinski definition) is 3. The second-order valence-electron chi connectivity index (χ2n) is 5.79. The Bertz CT molecular complexity index is 681. The van der Waals surface area contributed by atoms with Crippen molar-refractivity contribution in [2.75, 3.05) is 6.54 Å². The smallest absolute Gasteiger partial charge is 0.315 e. The minimum atomic E-state index is -0.725. The number of hydrogen-bond acceptors (Lipinski definition) is 3. The highest BCUT2D eigenvalue weighted by molar-refractivity contribution is 5.74. The van der Waals surface area contributed by atoms with Gasteiger partial charge in [0.2, 0.25) is 0 Å². The molecule has 6 nitrogen and oxygen atoms in total. The van der Waals surface area contributed by atoms with Gasteiger partial charge in [-0.1, -0.05) is 24.3 Å². The van der Waals surface area contributed by atoms with Crippen molar-refractivity contribution < 1.29 is 9.90 Å². The Morgan fingerprint density at radius 2 is 2.00 bits per heavy atom. The molecule has 23 heavy (non-hydrogen) atoms. The van der Waals surface area contributed by atoms with Gasteiger partial charge in [-0.2, -0.15) is 5.10 Å². The highest BCUT2D eigenvalue weighted by Crippen LogP contribution is 2.17. The molecule has 0 fully saturated rings. The van der Waals surface area contributed by atoms with Gasteiger partial charge in [0.1, 0.15) is 0 Å². The van der Waals surface area contributed by atoms with Gasteiger partial charge in [-0.05, 0) is 31.9 Å². The predicted octanol–water partition coefficient (Wildman–Crippen LogP) is 2.13. The minimum absolute atomic E-state index is 0.153. The van der Waals surface area contributed by atoms with Crippen LogP contribution in [-0.2, 0) is 7.05 Å². The van der Waals surface area contributed by atoms with Crippen LogP contribution in [0.4, 0.5) is 4.79 Å². The largest absolute Gasteiger partial charge is 0.387 e. The number of aliphatic hydroxyl groups excluding tert-OH is 1. The molecule has 6 heteroatoms. The van der Waals surface area contributed by atoms with Crippen molar-refractivity contribution in [1.29, 1.82) is 0 Å². The molecule has 0 radical (unpaired) electrons. The number of carbonyl (C=O) groups is 1. The number of nitrogens with one attached hydrogen (secondary N) is 2. The van der Waals surface area contributed by atoms with Gasteiger partial charge in [0, 0.05) is 25.4 Å². The van der Waals surface area contributed by atoms with Gasteiger partial charge < -0.3 is 15.7 Å². The number of rotatable bonds is 5. The average Bonchev–Trinajstić information content (AvgIpc) is 2.84. The van der Waals surface area contributed by atoms with Crippen molar-refractivity contribution in [3.05, 3.63) is 52.8 Å². The molecule has 0 unspecified atom stereocenters. The molecule has 0 bridgehead atoms. The molecule has 2 atom stereocenters. The van der Waals surface area contributed by atoms with E-state index in [9.17, 15) is 9.90 Å². The van der Waals surface area contributed by atoms with Crippen molar-refractivity contribution in [3.63, 3.8) is 0 Å². The first-order chi connectivity index (χ1) is 10.9. The molecule has 0 aliphatic carbocycles. The van der Waals surface area contributed by atoms with Gasteiger partial charge in [-0.15, -0.1) is 0 Å². The standard InChI is InChI=1S/C17H24N4O2/c1-11-7-5-6-8-14(11)16(22)9-18-17(23)19-12(2)15-10-21(4)20-13(15)3/h5-8,10,12,16,22H,9H2,1-4H3,(H2,18,19,23)/t12-,16-/m0/s1. The molecule has 1 aromatic carbocycles. The summed E-state index contributed by atoms with van der Waals surface area (Å²) in [4.78, 5) is 12.0.